The Morgan fingerprint density at radius 2 is 1.48 bits per heavy atom. The van der Waals surface area contributed by atoms with Crippen LogP contribution in [0.3, 0.4) is 0 Å². The summed E-state index contributed by atoms with van der Waals surface area (Å²) in [5.74, 6) is 0. The number of amides is 2. The molecule has 0 aromatic rings. The van der Waals surface area contributed by atoms with Crippen LogP contribution in [0.4, 0.5) is 9.59 Å². The monoisotopic (exact) mass is 300 g/mol. The van der Waals surface area contributed by atoms with Crippen LogP contribution in [0.15, 0.2) is 12.3 Å². The summed E-state index contributed by atoms with van der Waals surface area (Å²) in [6, 6.07) is 0. The maximum atomic E-state index is 11.3. The number of rotatable bonds is 5. The molecule has 0 aromatic carbocycles. The Morgan fingerprint density at radius 3 is 2.00 bits per heavy atom. The van der Waals surface area contributed by atoms with Crippen molar-refractivity contribution in [3.05, 3.63) is 12.3 Å². The van der Waals surface area contributed by atoms with Gasteiger partial charge in [-0.25, -0.2) is 9.59 Å². The summed E-state index contributed by atoms with van der Waals surface area (Å²) in [5, 5.41) is 5.18. The van der Waals surface area contributed by atoms with E-state index in [-0.39, 0.29) is 0 Å². The number of allylic oxidation sites excluding steroid dienone is 1. The van der Waals surface area contributed by atoms with E-state index in [9.17, 15) is 9.59 Å². The van der Waals surface area contributed by atoms with Crippen LogP contribution >= 0.6 is 0 Å². The number of carbonyl (C=O) groups is 2. The van der Waals surface area contributed by atoms with Gasteiger partial charge in [0.1, 0.15) is 11.2 Å². The standard InChI is InChI=1S/C15H28N2O4/c1-14(2,3)20-12(18)16-10-8-7-9-11-17-13(19)21-15(4,5)6/h8,10H,7,9,11H2,1-6H3,(H,16,18)(H,17,19)/b10-8+. The van der Waals surface area contributed by atoms with Gasteiger partial charge in [0.15, 0.2) is 0 Å². The van der Waals surface area contributed by atoms with E-state index in [0.717, 1.165) is 12.8 Å². The van der Waals surface area contributed by atoms with Gasteiger partial charge in [-0.05, 0) is 54.4 Å². The van der Waals surface area contributed by atoms with Crippen LogP contribution in [0.25, 0.3) is 0 Å². The number of hydrogen-bond acceptors (Lipinski definition) is 4. The molecular formula is C15H28N2O4. The molecule has 6 nitrogen and oxygen atoms in total. The third kappa shape index (κ3) is 14.5. The van der Waals surface area contributed by atoms with Crippen LogP contribution in [-0.2, 0) is 9.47 Å². The van der Waals surface area contributed by atoms with Gasteiger partial charge in [-0.1, -0.05) is 6.08 Å². The van der Waals surface area contributed by atoms with Crippen molar-refractivity contribution in [1.82, 2.24) is 10.6 Å². The second kappa shape index (κ2) is 8.54. The van der Waals surface area contributed by atoms with Crippen molar-refractivity contribution in [2.45, 2.75) is 65.6 Å². The van der Waals surface area contributed by atoms with Crippen molar-refractivity contribution in [2.24, 2.45) is 0 Å². The van der Waals surface area contributed by atoms with Crippen molar-refractivity contribution < 1.29 is 19.1 Å². The summed E-state index contributed by atoms with van der Waals surface area (Å²) < 4.78 is 10.2. The van der Waals surface area contributed by atoms with Crippen LogP contribution in [-0.4, -0.2) is 29.9 Å². The largest absolute Gasteiger partial charge is 0.444 e. The number of unbranched alkanes of at least 4 members (excludes halogenated alkanes) is 1. The number of carbonyl (C=O) groups excluding carboxylic acids is 2. The van der Waals surface area contributed by atoms with Crippen LogP contribution in [0.2, 0.25) is 0 Å². The highest BCUT2D eigenvalue weighted by Gasteiger charge is 2.15. The molecule has 0 bridgehead atoms. The Balaban J connectivity index is 3.66. The smallest absolute Gasteiger partial charge is 0.411 e. The highest BCUT2D eigenvalue weighted by molar-refractivity contribution is 5.68. The minimum absolute atomic E-state index is 0.418. The number of ether oxygens (including phenoxy) is 2. The first-order chi connectivity index (χ1) is 9.49. The Morgan fingerprint density at radius 1 is 0.952 bits per heavy atom. The lowest BCUT2D eigenvalue weighted by Gasteiger charge is -2.19. The lowest BCUT2D eigenvalue weighted by atomic mass is 10.2. The average Bonchev–Trinajstić information content (AvgIpc) is 2.22. The van der Waals surface area contributed by atoms with Gasteiger partial charge in [-0.3, -0.25) is 5.32 Å². The topological polar surface area (TPSA) is 76.7 Å². The van der Waals surface area contributed by atoms with Crippen molar-refractivity contribution in [1.29, 1.82) is 0 Å². The molecule has 0 aliphatic carbocycles. The second-order valence-corrected chi connectivity index (χ2v) is 6.62. The Labute approximate surface area is 127 Å². The van der Waals surface area contributed by atoms with Crippen LogP contribution in [0.5, 0.6) is 0 Å². The molecule has 0 atom stereocenters. The zero-order chi connectivity index (χ0) is 16.5. The summed E-state index contributed by atoms with van der Waals surface area (Å²) in [6.45, 7) is 11.4. The first-order valence-corrected chi connectivity index (χ1v) is 7.11. The number of nitrogens with one attached hydrogen (secondary N) is 2. The molecular weight excluding hydrogens is 272 g/mol. The molecule has 122 valence electrons. The molecule has 0 saturated heterocycles. The van der Waals surface area contributed by atoms with Crippen LogP contribution in [0.1, 0.15) is 54.4 Å². The van der Waals surface area contributed by atoms with Gasteiger partial charge in [0.05, 0.1) is 0 Å². The molecule has 0 fully saturated rings. The van der Waals surface area contributed by atoms with Gasteiger partial charge in [-0.2, -0.15) is 0 Å². The third-order valence-corrected chi connectivity index (χ3v) is 1.93. The summed E-state index contributed by atoms with van der Waals surface area (Å²) in [4.78, 5) is 22.7. The van der Waals surface area contributed by atoms with Gasteiger partial charge >= 0.3 is 12.2 Å². The van der Waals surface area contributed by atoms with E-state index in [4.69, 9.17) is 9.47 Å². The van der Waals surface area contributed by atoms with E-state index in [0.29, 0.717) is 6.54 Å². The normalized spacial score (nSPS) is 12.1. The highest BCUT2D eigenvalue weighted by Crippen LogP contribution is 2.07. The fraction of sp³-hybridized carbons (Fsp3) is 0.733. The van der Waals surface area contributed by atoms with Gasteiger partial charge < -0.3 is 14.8 Å². The predicted molar refractivity (Wildman–Crippen MR) is 82.0 cm³/mol. The Hall–Kier alpha value is -1.72. The van der Waals surface area contributed by atoms with E-state index < -0.39 is 23.4 Å². The lowest BCUT2D eigenvalue weighted by molar-refractivity contribution is 0.0523. The van der Waals surface area contributed by atoms with Gasteiger partial charge in [-0.15, -0.1) is 0 Å². The molecule has 0 spiro atoms. The molecule has 0 unspecified atom stereocenters. The van der Waals surface area contributed by atoms with Gasteiger partial charge in [0.2, 0.25) is 0 Å². The molecule has 0 aromatic heterocycles. The maximum absolute atomic E-state index is 11.3. The molecule has 0 saturated carbocycles. The van der Waals surface area contributed by atoms with E-state index in [2.05, 4.69) is 10.6 Å². The lowest BCUT2D eigenvalue weighted by Crippen LogP contribution is -2.32. The summed E-state index contributed by atoms with van der Waals surface area (Å²) >= 11 is 0. The molecule has 0 radical (unpaired) electrons. The molecule has 21 heavy (non-hydrogen) atoms. The first-order valence-electron chi connectivity index (χ1n) is 7.11. The third-order valence-electron chi connectivity index (χ3n) is 1.93. The van der Waals surface area contributed by atoms with E-state index in [1.807, 2.05) is 20.8 Å². The molecule has 0 rings (SSSR count). The summed E-state index contributed by atoms with van der Waals surface area (Å²) in [7, 11) is 0. The van der Waals surface area contributed by atoms with Crippen molar-refractivity contribution >= 4 is 12.2 Å². The zero-order valence-electron chi connectivity index (χ0n) is 13.9. The van der Waals surface area contributed by atoms with Crippen LogP contribution in [0, 0.1) is 0 Å². The first kappa shape index (κ1) is 19.3. The number of hydrogen-bond donors (Lipinski definition) is 2. The fourth-order valence-corrected chi connectivity index (χ4v) is 1.24. The number of alkyl carbamates (subject to hydrolysis) is 2. The highest BCUT2D eigenvalue weighted by atomic mass is 16.6. The maximum Gasteiger partial charge on any atom is 0.411 e. The molecule has 0 heterocycles. The molecule has 6 heteroatoms. The SMILES string of the molecule is CC(C)(C)OC(=O)N/C=C/CCCNC(=O)OC(C)(C)C. The minimum atomic E-state index is -0.505. The van der Waals surface area contributed by atoms with Gasteiger partial charge in [0, 0.05) is 12.7 Å². The van der Waals surface area contributed by atoms with E-state index in [1.165, 1.54) is 0 Å². The quantitative estimate of drug-likeness (QED) is 0.764. The summed E-state index contributed by atoms with van der Waals surface area (Å²) in [6.07, 6.45) is 3.93. The van der Waals surface area contributed by atoms with Crippen molar-refractivity contribution in [3.63, 3.8) is 0 Å². The van der Waals surface area contributed by atoms with Crippen molar-refractivity contribution in [2.75, 3.05) is 6.54 Å². The summed E-state index contributed by atoms with van der Waals surface area (Å²) in [5.41, 5.74) is -0.990. The fourth-order valence-electron chi connectivity index (χ4n) is 1.24. The molecule has 0 aliphatic rings. The molecule has 2 amide bonds. The molecule has 0 aliphatic heterocycles. The molecule has 2 N–H and O–H groups in total. The minimum Gasteiger partial charge on any atom is -0.444 e. The van der Waals surface area contributed by atoms with Gasteiger partial charge in [0.25, 0.3) is 0 Å². The van der Waals surface area contributed by atoms with Crippen LogP contribution < -0.4 is 10.6 Å². The van der Waals surface area contributed by atoms with E-state index >= 15 is 0 Å². The average molecular weight is 300 g/mol. The predicted octanol–water partition coefficient (Wildman–Crippen LogP) is 3.33. The second-order valence-electron chi connectivity index (χ2n) is 6.62. The Bertz CT molecular complexity index is 365. The van der Waals surface area contributed by atoms with Crippen molar-refractivity contribution in [3.8, 4) is 0 Å². The Kier molecular flexibility index (Phi) is 7.84. The zero-order valence-corrected chi connectivity index (χ0v) is 13.9. The van der Waals surface area contributed by atoms with E-state index in [1.54, 1.807) is 33.0 Å².